The number of nitrogens with one attached hydrogen (secondary N) is 2. The molecule has 0 saturated heterocycles. The Morgan fingerprint density at radius 3 is 2.74 bits per heavy atom. The van der Waals surface area contributed by atoms with Gasteiger partial charge in [-0.3, -0.25) is 0 Å². The number of aliphatic imine (C=N–C) groups is 1. The van der Waals surface area contributed by atoms with Gasteiger partial charge < -0.3 is 15.1 Å². The first-order chi connectivity index (χ1) is 9.19. The smallest absolute Gasteiger partial charge is 0.216 e. The Bertz CT molecular complexity index is 415. The van der Waals surface area contributed by atoms with Crippen molar-refractivity contribution in [2.75, 3.05) is 13.1 Å². The van der Waals surface area contributed by atoms with Crippen molar-refractivity contribution in [3.05, 3.63) is 17.3 Å². The molecule has 1 aromatic rings. The molecule has 106 valence electrons. The highest BCUT2D eigenvalue weighted by atomic mass is 16.4. The summed E-state index contributed by atoms with van der Waals surface area (Å²) in [5.41, 5.74) is 0.942. The first-order valence-electron chi connectivity index (χ1n) is 7.14. The molecule has 5 nitrogen and oxygen atoms in total. The molecule has 0 bridgehead atoms. The van der Waals surface area contributed by atoms with E-state index in [2.05, 4.69) is 27.5 Å². The van der Waals surface area contributed by atoms with Crippen LogP contribution in [0.1, 0.15) is 43.5 Å². The third kappa shape index (κ3) is 4.58. The Balaban J connectivity index is 1.83. The van der Waals surface area contributed by atoms with Crippen molar-refractivity contribution in [1.29, 1.82) is 0 Å². The Morgan fingerprint density at radius 1 is 1.37 bits per heavy atom. The fourth-order valence-electron chi connectivity index (χ4n) is 1.90. The van der Waals surface area contributed by atoms with Gasteiger partial charge in [-0.05, 0) is 33.1 Å². The summed E-state index contributed by atoms with van der Waals surface area (Å²) in [7, 11) is 0. The minimum absolute atomic E-state index is 0.480. The van der Waals surface area contributed by atoms with E-state index in [-0.39, 0.29) is 0 Å². The summed E-state index contributed by atoms with van der Waals surface area (Å²) in [4.78, 5) is 8.83. The molecule has 0 amide bonds. The molecule has 1 fully saturated rings. The highest BCUT2D eigenvalue weighted by Crippen LogP contribution is 2.31. The van der Waals surface area contributed by atoms with Gasteiger partial charge in [-0.2, -0.15) is 0 Å². The highest BCUT2D eigenvalue weighted by molar-refractivity contribution is 5.79. The van der Waals surface area contributed by atoms with Gasteiger partial charge in [0.05, 0.1) is 5.69 Å². The molecule has 0 aromatic carbocycles. The van der Waals surface area contributed by atoms with Gasteiger partial charge in [-0.25, -0.2) is 9.98 Å². The van der Waals surface area contributed by atoms with E-state index in [0.29, 0.717) is 12.4 Å². The van der Waals surface area contributed by atoms with Gasteiger partial charge in [0.25, 0.3) is 0 Å². The summed E-state index contributed by atoms with van der Waals surface area (Å²) in [5, 5.41) is 6.59. The van der Waals surface area contributed by atoms with E-state index in [1.165, 1.54) is 19.3 Å². The van der Waals surface area contributed by atoms with Crippen LogP contribution in [0, 0.1) is 19.8 Å². The first-order valence-corrected chi connectivity index (χ1v) is 7.14. The third-order valence-electron chi connectivity index (χ3n) is 3.33. The van der Waals surface area contributed by atoms with E-state index in [4.69, 9.17) is 4.42 Å². The lowest BCUT2D eigenvalue weighted by atomic mass is 10.3. The van der Waals surface area contributed by atoms with Crippen LogP contribution >= 0.6 is 0 Å². The average Bonchev–Trinajstić information content (AvgIpc) is 3.14. The number of hydrogen-bond acceptors (Lipinski definition) is 3. The summed E-state index contributed by atoms with van der Waals surface area (Å²) in [6.45, 7) is 8.27. The number of rotatable bonds is 6. The SMILES string of the molecule is CCNC(=NCc1nc(C)c(C)o1)NCCC1CC1. The van der Waals surface area contributed by atoms with Crippen LogP contribution in [0.5, 0.6) is 0 Å². The molecular formula is C14H24N4O. The number of aryl methyl sites for hydroxylation is 2. The van der Waals surface area contributed by atoms with E-state index in [1.807, 2.05) is 13.8 Å². The van der Waals surface area contributed by atoms with Gasteiger partial charge in [-0.15, -0.1) is 0 Å². The van der Waals surface area contributed by atoms with Crippen LogP contribution < -0.4 is 10.6 Å². The molecule has 2 rings (SSSR count). The summed E-state index contributed by atoms with van der Waals surface area (Å²) < 4.78 is 5.52. The van der Waals surface area contributed by atoms with Crippen molar-refractivity contribution in [2.45, 2.75) is 46.6 Å². The molecule has 5 heteroatoms. The monoisotopic (exact) mass is 264 g/mol. The quantitative estimate of drug-likeness (QED) is 0.610. The van der Waals surface area contributed by atoms with Gasteiger partial charge in [-0.1, -0.05) is 12.8 Å². The molecule has 2 N–H and O–H groups in total. The molecule has 0 spiro atoms. The van der Waals surface area contributed by atoms with Crippen molar-refractivity contribution in [1.82, 2.24) is 15.6 Å². The molecule has 0 unspecified atom stereocenters. The summed E-state index contributed by atoms with van der Waals surface area (Å²) in [5.74, 6) is 3.33. The topological polar surface area (TPSA) is 62.5 Å². The van der Waals surface area contributed by atoms with Crippen LogP contribution in [-0.4, -0.2) is 24.0 Å². The lowest BCUT2D eigenvalue weighted by Gasteiger charge is -2.10. The number of guanidine groups is 1. The van der Waals surface area contributed by atoms with Crippen LogP contribution in [-0.2, 0) is 6.54 Å². The second kappa shape index (κ2) is 6.59. The molecular weight excluding hydrogens is 240 g/mol. The van der Waals surface area contributed by atoms with Gasteiger partial charge in [0.15, 0.2) is 5.96 Å². The first kappa shape index (κ1) is 13.9. The standard InChI is InChI=1S/C14H24N4O/c1-4-15-14(16-8-7-12-5-6-12)17-9-13-18-10(2)11(3)19-13/h12H,4-9H2,1-3H3,(H2,15,16,17). The molecule has 1 aliphatic rings. The van der Waals surface area contributed by atoms with E-state index in [0.717, 1.165) is 36.4 Å². The van der Waals surface area contributed by atoms with E-state index < -0.39 is 0 Å². The Kier molecular flexibility index (Phi) is 4.82. The molecule has 0 atom stereocenters. The minimum Gasteiger partial charge on any atom is -0.444 e. The van der Waals surface area contributed by atoms with Crippen LogP contribution in [0.2, 0.25) is 0 Å². The molecule has 1 aromatic heterocycles. The zero-order valence-corrected chi connectivity index (χ0v) is 12.1. The maximum absolute atomic E-state index is 5.52. The molecule has 1 heterocycles. The zero-order chi connectivity index (χ0) is 13.7. The van der Waals surface area contributed by atoms with Crippen LogP contribution in [0.3, 0.4) is 0 Å². The summed E-state index contributed by atoms with van der Waals surface area (Å²) in [6.07, 6.45) is 4.02. The minimum atomic E-state index is 0.480. The van der Waals surface area contributed by atoms with Crippen LogP contribution in [0.25, 0.3) is 0 Å². The lowest BCUT2D eigenvalue weighted by Crippen LogP contribution is -2.37. The number of aromatic nitrogens is 1. The van der Waals surface area contributed by atoms with Crippen molar-refractivity contribution in [2.24, 2.45) is 10.9 Å². The van der Waals surface area contributed by atoms with Crippen molar-refractivity contribution in [3.63, 3.8) is 0 Å². The maximum Gasteiger partial charge on any atom is 0.216 e. The summed E-state index contributed by atoms with van der Waals surface area (Å²) >= 11 is 0. The average molecular weight is 264 g/mol. The lowest BCUT2D eigenvalue weighted by molar-refractivity contribution is 0.472. The van der Waals surface area contributed by atoms with Crippen LogP contribution in [0.15, 0.2) is 9.41 Å². The normalized spacial score (nSPS) is 15.6. The Labute approximate surface area is 114 Å². The Morgan fingerprint density at radius 2 is 2.16 bits per heavy atom. The van der Waals surface area contributed by atoms with Crippen LogP contribution in [0.4, 0.5) is 0 Å². The fraction of sp³-hybridized carbons (Fsp3) is 0.714. The van der Waals surface area contributed by atoms with Crippen molar-refractivity contribution >= 4 is 5.96 Å². The molecule has 1 aliphatic carbocycles. The Hall–Kier alpha value is -1.52. The predicted molar refractivity (Wildman–Crippen MR) is 76.1 cm³/mol. The molecule has 1 saturated carbocycles. The second-order valence-electron chi connectivity index (χ2n) is 5.10. The van der Waals surface area contributed by atoms with Gasteiger partial charge in [0.2, 0.25) is 5.89 Å². The zero-order valence-electron chi connectivity index (χ0n) is 12.1. The molecule has 19 heavy (non-hydrogen) atoms. The summed E-state index contributed by atoms with van der Waals surface area (Å²) in [6, 6.07) is 0. The van der Waals surface area contributed by atoms with E-state index in [1.54, 1.807) is 0 Å². The van der Waals surface area contributed by atoms with E-state index in [9.17, 15) is 0 Å². The predicted octanol–water partition coefficient (Wildman–Crippen LogP) is 2.15. The maximum atomic E-state index is 5.52. The number of nitrogens with zero attached hydrogens (tertiary/aromatic N) is 2. The van der Waals surface area contributed by atoms with Gasteiger partial charge in [0, 0.05) is 13.1 Å². The van der Waals surface area contributed by atoms with Crippen molar-refractivity contribution < 1.29 is 4.42 Å². The number of hydrogen-bond donors (Lipinski definition) is 2. The largest absolute Gasteiger partial charge is 0.444 e. The van der Waals surface area contributed by atoms with Gasteiger partial charge in [0.1, 0.15) is 12.3 Å². The van der Waals surface area contributed by atoms with E-state index >= 15 is 0 Å². The second-order valence-corrected chi connectivity index (χ2v) is 5.10. The van der Waals surface area contributed by atoms with Crippen molar-refractivity contribution in [3.8, 4) is 0 Å². The number of oxazole rings is 1. The fourth-order valence-corrected chi connectivity index (χ4v) is 1.90. The van der Waals surface area contributed by atoms with Gasteiger partial charge >= 0.3 is 0 Å². The third-order valence-corrected chi connectivity index (χ3v) is 3.33. The highest BCUT2D eigenvalue weighted by Gasteiger charge is 2.20. The molecule has 0 radical (unpaired) electrons. The molecule has 0 aliphatic heterocycles.